The van der Waals surface area contributed by atoms with Gasteiger partial charge in [-0.25, -0.2) is 9.78 Å². The van der Waals surface area contributed by atoms with Crippen molar-refractivity contribution in [3.8, 4) is 0 Å². The van der Waals surface area contributed by atoms with Crippen LogP contribution in [-0.2, 0) is 4.74 Å². The van der Waals surface area contributed by atoms with Crippen LogP contribution in [0, 0.1) is 6.92 Å². The molecule has 0 aliphatic rings. The van der Waals surface area contributed by atoms with Gasteiger partial charge < -0.3 is 10.1 Å². The molecule has 108 valence electrons. The molecule has 0 saturated carbocycles. The average molecular weight is 305 g/mol. The Labute approximate surface area is 126 Å². The lowest BCUT2D eigenvalue weighted by molar-refractivity contribution is 0.0599. The minimum absolute atomic E-state index is 0.122. The summed E-state index contributed by atoms with van der Waals surface area (Å²) in [4.78, 5) is 27.7. The predicted molar refractivity (Wildman–Crippen MR) is 79.7 cm³/mol. The first-order chi connectivity index (χ1) is 10.0. The monoisotopic (exact) mass is 304 g/mol. The number of carbonyl (C=O) groups excluding carboxylic acids is 2. The molecule has 1 heterocycles. The maximum Gasteiger partial charge on any atom is 0.338 e. The first-order valence-electron chi connectivity index (χ1n) is 6.14. The van der Waals surface area contributed by atoms with Crippen molar-refractivity contribution >= 4 is 29.2 Å². The maximum atomic E-state index is 12.2. The number of anilines is 1. The molecule has 1 aromatic heterocycles. The molecule has 5 nitrogen and oxygen atoms in total. The van der Waals surface area contributed by atoms with Crippen molar-refractivity contribution in [1.29, 1.82) is 0 Å². The number of rotatable bonds is 3. The lowest BCUT2D eigenvalue weighted by atomic mass is 10.1. The first kappa shape index (κ1) is 15.0. The summed E-state index contributed by atoms with van der Waals surface area (Å²) in [5, 5.41) is 2.84. The molecule has 0 spiro atoms. The summed E-state index contributed by atoms with van der Waals surface area (Å²) in [6.45, 7) is 1.73. The van der Waals surface area contributed by atoms with Crippen LogP contribution in [-0.4, -0.2) is 24.0 Å². The van der Waals surface area contributed by atoms with Crippen molar-refractivity contribution in [2.24, 2.45) is 0 Å². The molecule has 2 aromatic rings. The van der Waals surface area contributed by atoms with E-state index in [1.165, 1.54) is 13.3 Å². The summed E-state index contributed by atoms with van der Waals surface area (Å²) in [5.41, 5.74) is 1.80. The van der Waals surface area contributed by atoms with E-state index >= 15 is 0 Å². The van der Waals surface area contributed by atoms with Crippen LogP contribution in [0.25, 0.3) is 0 Å². The van der Waals surface area contributed by atoms with Crippen LogP contribution in [0.5, 0.6) is 0 Å². The molecule has 2 rings (SSSR count). The van der Waals surface area contributed by atoms with Gasteiger partial charge in [0.2, 0.25) is 0 Å². The fourth-order valence-corrected chi connectivity index (χ4v) is 2.05. The lowest BCUT2D eigenvalue weighted by Gasteiger charge is -2.11. The van der Waals surface area contributed by atoms with Gasteiger partial charge >= 0.3 is 5.97 Å². The van der Waals surface area contributed by atoms with Crippen molar-refractivity contribution in [1.82, 2.24) is 4.98 Å². The number of hydrogen-bond donors (Lipinski definition) is 1. The summed E-state index contributed by atoms with van der Waals surface area (Å²) in [5.74, 6) is -0.846. The van der Waals surface area contributed by atoms with E-state index in [1.807, 2.05) is 0 Å². The Bertz CT molecular complexity index is 701. The molecule has 1 amide bonds. The zero-order valence-electron chi connectivity index (χ0n) is 11.5. The standard InChI is InChI=1S/C15H13ClN2O3/c1-9-10(15(20)21-2)5-3-7-12(9)18-14(19)11-6-4-8-17-13(11)16/h3-8H,1-2H3,(H,18,19). The molecule has 0 aliphatic carbocycles. The van der Waals surface area contributed by atoms with E-state index in [9.17, 15) is 9.59 Å². The zero-order valence-corrected chi connectivity index (χ0v) is 12.3. The van der Waals surface area contributed by atoms with Crippen LogP contribution < -0.4 is 5.32 Å². The number of amides is 1. The molecular formula is C15H13ClN2O3. The SMILES string of the molecule is COC(=O)c1cccc(NC(=O)c2cccnc2Cl)c1C. The van der Waals surface area contributed by atoms with Gasteiger partial charge in [-0.15, -0.1) is 0 Å². The van der Waals surface area contributed by atoms with E-state index < -0.39 is 11.9 Å². The van der Waals surface area contributed by atoms with Crippen molar-refractivity contribution in [3.63, 3.8) is 0 Å². The van der Waals surface area contributed by atoms with Crippen LogP contribution in [0.15, 0.2) is 36.5 Å². The fourth-order valence-electron chi connectivity index (χ4n) is 1.85. The molecule has 1 aromatic carbocycles. The second-order valence-corrected chi connectivity index (χ2v) is 4.62. The highest BCUT2D eigenvalue weighted by Gasteiger charge is 2.15. The number of esters is 1. The molecule has 6 heteroatoms. The van der Waals surface area contributed by atoms with Crippen molar-refractivity contribution in [2.75, 3.05) is 12.4 Å². The Balaban J connectivity index is 2.30. The Kier molecular flexibility index (Phi) is 4.55. The van der Waals surface area contributed by atoms with Crippen LogP contribution in [0.3, 0.4) is 0 Å². The number of nitrogens with zero attached hydrogens (tertiary/aromatic N) is 1. The third-order valence-electron chi connectivity index (χ3n) is 2.99. The Morgan fingerprint density at radius 3 is 2.57 bits per heavy atom. The van der Waals surface area contributed by atoms with E-state index in [1.54, 1.807) is 37.3 Å². The fraction of sp³-hybridized carbons (Fsp3) is 0.133. The number of halogens is 1. The lowest BCUT2D eigenvalue weighted by Crippen LogP contribution is -2.15. The van der Waals surface area contributed by atoms with Crippen LogP contribution in [0.1, 0.15) is 26.3 Å². The van der Waals surface area contributed by atoms with Gasteiger partial charge in [-0.3, -0.25) is 4.79 Å². The predicted octanol–water partition coefficient (Wildman–Crippen LogP) is 3.08. The Morgan fingerprint density at radius 2 is 1.90 bits per heavy atom. The van der Waals surface area contributed by atoms with Gasteiger partial charge in [0.25, 0.3) is 5.91 Å². The van der Waals surface area contributed by atoms with Gasteiger partial charge in [0.15, 0.2) is 0 Å². The minimum atomic E-state index is -0.456. The van der Waals surface area contributed by atoms with Crippen molar-refractivity contribution < 1.29 is 14.3 Å². The normalized spacial score (nSPS) is 10.0. The number of pyridine rings is 1. The van der Waals surface area contributed by atoms with Gasteiger partial charge in [0.05, 0.1) is 18.2 Å². The molecule has 0 saturated heterocycles. The van der Waals surface area contributed by atoms with Crippen molar-refractivity contribution in [3.05, 3.63) is 58.4 Å². The number of benzene rings is 1. The quantitative estimate of drug-likeness (QED) is 0.699. The van der Waals surface area contributed by atoms with E-state index in [0.29, 0.717) is 16.8 Å². The molecule has 0 atom stereocenters. The second-order valence-electron chi connectivity index (χ2n) is 4.27. The molecular weight excluding hydrogens is 292 g/mol. The summed E-state index contributed by atoms with van der Waals surface area (Å²) in [6.07, 6.45) is 1.50. The number of methoxy groups -OCH3 is 1. The number of nitrogens with one attached hydrogen (secondary N) is 1. The van der Waals surface area contributed by atoms with E-state index in [4.69, 9.17) is 16.3 Å². The van der Waals surface area contributed by atoms with Crippen molar-refractivity contribution in [2.45, 2.75) is 6.92 Å². The topological polar surface area (TPSA) is 68.3 Å². The highest BCUT2D eigenvalue weighted by molar-refractivity contribution is 6.33. The Morgan fingerprint density at radius 1 is 1.19 bits per heavy atom. The van der Waals surface area contributed by atoms with Gasteiger partial charge in [0.1, 0.15) is 5.15 Å². The van der Waals surface area contributed by atoms with Crippen LogP contribution in [0.4, 0.5) is 5.69 Å². The zero-order chi connectivity index (χ0) is 15.4. The van der Waals surface area contributed by atoms with E-state index in [0.717, 1.165) is 0 Å². The maximum absolute atomic E-state index is 12.2. The van der Waals surface area contributed by atoms with Gasteiger partial charge in [0, 0.05) is 11.9 Å². The van der Waals surface area contributed by atoms with E-state index in [2.05, 4.69) is 10.3 Å². The molecule has 21 heavy (non-hydrogen) atoms. The summed E-state index contributed by atoms with van der Waals surface area (Å²) in [7, 11) is 1.31. The summed E-state index contributed by atoms with van der Waals surface area (Å²) >= 11 is 5.88. The average Bonchev–Trinajstić information content (AvgIpc) is 2.49. The minimum Gasteiger partial charge on any atom is -0.465 e. The molecule has 1 N–H and O–H groups in total. The van der Waals surface area contributed by atoms with Crippen LogP contribution in [0.2, 0.25) is 5.15 Å². The molecule has 0 aliphatic heterocycles. The molecule has 0 unspecified atom stereocenters. The molecule has 0 fully saturated rings. The third-order valence-corrected chi connectivity index (χ3v) is 3.29. The number of ether oxygens (including phenoxy) is 1. The molecule has 0 bridgehead atoms. The smallest absolute Gasteiger partial charge is 0.338 e. The van der Waals surface area contributed by atoms with Gasteiger partial charge in [-0.1, -0.05) is 17.7 Å². The van der Waals surface area contributed by atoms with Crippen LogP contribution >= 0.6 is 11.6 Å². The van der Waals surface area contributed by atoms with Gasteiger partial charge in [-0.2, -0.15) is 0 Å². The highest BCUT2D eigenvalue weighted by Crippen LogP contribution is 2.21. The summed E-state index contributed by atoms with van der Waals surface area (Å²) in [6, 6.07) is 8.19. The Hall–Kier alpha value is -2.40. The van der Waals surface area contributed by atoms with Gasteiger partial charge in [-0.05, 0) is 36.8 Å². The first-order valence-corrected chi connectivity index (χ1v) is 6.52. The third kappa shape index (κ3) is 3.20. The number of carbonyl (C=O) groups is 2. The summed E-state index contributed by atoms with van der Waals surface area (Å²) < 4.78 is 4.70. The highest BCUT2D eigenvalue weighted by atomic mass is 35.5. The largest absolute Gasteiger partial charge is 0.465 e. The number of hydrogen-bond acceptors (Lipinski definition) is 4. The second kappa shape index (κ2) is 6.37. The van der Waals surface area contributed by atoms with E-state index in [-0.39, 0.29) is 10.7 Å². The number of aromatic nitrogens is 1. The molecule has 0 radical (unpaired) electrons.